The molecule has 0 spiro atoms. The number of halogens is 1. The average Bonchev–Trinajstić information content (AvgIpc) is 2.42. The first kappa shape index (κ1) is 16.0. The van der Waals surface area contributed by atoms with Gasteiger partial charge in [-0.15, -0.1) is 0 Å². The second-order valence-electron chi connectivity index (χ2n) is 4.17. The van der Waals surface area contributed by atoms with Gasteiger partial charge >= 0.3 is 0 Å². The molecule has 0 aliphatic rings. The van der Waals surface area contributed by atoms with E-state index in [1.54, 1.807) is 23.9 Å². The molecule has 1 rings (SSSR count). The lowest BCUT2D eigenvalue weighted by Crippen LogP contribution is -2.26. The van der Waals surface area contributed by atoms with Crippen molar-refractivity contribution in [1.82, 2.24) is 5.32 Å². The van der Waals surface area contributed by atoms with E-state index in [1.807, 2.05) is 0 Å². The molecule has 0 saturated carbocycles. The highest BCUT2D eigenvalue weighted by Crippen LogP contribution is 2.05. The summed E-state index contributed by atoms with van der Waals surface area (Å²) in [5, 5.41) is 11.4. The van der Waals surface area contributed by atoms with Gasteiger partial charge in [0, 0.05) is 25.3 Å². The van der Waals surface area contributed by atoms with Crippen LogP contribution in [0.2, 0.25) is 0 Å². The monoisotopic (exact) mass is 285 g/mol. The van der Waals surface area contributed by atoms with E-state index in [2.05, 4.69) is 5.32 Å². The van der Waals surface area contributed by atoms with E-state index in [4.69, 9.17) is 5.11 Å². The van der Waals surface area contributed by atoms with Crippen molar-refractivity contribution < 1.29 is 14.3 Å². The van der Waals surface area contributed by atoms with E-state index in [1.165, 1.54) is 12.1 Å². The first-order valence-electron chi connectivity index (χ1n) is 6.42. The van der Waals surface area contributed by atoms with Crippen LogP contribution in [-0.2, 0) is 11.2 Å². The Morgan fingerprint density at radius 2 is 2.00 bits per heavy atom. The number of aliphatic hydroxyl groups excluding tert-OH is 1. The molecule has 1 aromatic rings. The van der Waals surface area contributed by atoms with Crippen molar-refractivity contribution in [1.29, 1.82) is 0 Å². The second-order valence-corrected chi connectivity index (χ2v) is 5.39. The van der Waals surface area contributed by atoms with Gasteiger partial charge in [0.2, 0.25) is 5.91 Å². The Hall–Kier alpha value is -1.07. The number of hydrogen-bond donors (Lipinski definition) is 2. The van der Waals surface area contributed by atoms with Crippen LogP contribution < -0.4 is 5.32 Å². The van der Waals surface area contributed by atoms with Crippen LogP contribution in [0, 0.1) is 5.82 Å². The molecule has 0 radical (unpaired) electrons. The topological polar surface area (TPSA) is 49.3 Å². The number of carbonyl (C=O) groups excluding carboxylic acids is 1. The minimum atomic E-state index is -0.256. The van der Waals surface area contributed by atoms with Gasteiger partial charge < -0.3 is 10.4 Å². The Balaban J connectivity index is 2.06. The van der Waals surface area contributed by atoms with Crippen molar-refractivity contribution in [2.75, 3.05) is 24.7 Å². The molecule has 0 atom stereocenters. The van der Waals surface area contributed by atoms with Crippen molar-refractivity contribution in [3.63, 3.8) is 0 Å². The Labute approximate surface area is 117 Å². The number of amides is 1. The van der Waals surface area contributed by atoms with Gasteiger partial charge in [0.05, 0.1) is 0 Å². The molecule has 0 saturated heterocycles. The fourth-order valence-electron chi connectivity index (χ4n) is 1.53. The summed E-state index contributed by atoms with van der Waals surface area (Å²) >= 11 is 1.72. The summed E-state index contributed by atoms with van der Waals surface area (Å²) in [6.07, 6.45) is 1.85. The van der Waals surface area contributed by atoms with Crippen LogP contribution >= 0.6 is 11.8 Å². The van der Waals surface area contributed by atoms with Crippen LogP contribution in [0.1, 0.15) is 18.4 Å². The molecule has 0 unspecified atom stereocenters. The molecular formula is C14H20FNO2S. The third-order valence-electron chi connectivity index (χ3n) is 2.57. The maximum Gasteiger partial charge on any atom is 0.220 e. The van der Waals surface area contributed by atoms with Gasteiger partial charge in [0.1, 0.15) is 5.82 Å². The molecule has 1 amide bonds. The summed E-state index contributed by atoms with van der Waals surface area (Å²) < 4.78 is 12.7. The lowest BCUT2D eigenvalue weighted by Gasteiger charge is -2.05. The Kier molecular flexibility index (Phi) is 8.25. The standard InChI is InChI=1S/C14H20FNO2S/c15-13-5-2-12(3-6-13)4-7-14(18)16-8-11-19-10-1-9-17/h2-3,5-6,17H,1,4,7-11H2,(H,16,18). The van der Waals surface area contributed by atoms with Crippen molar-refractivity contribution in [3.8, 4) is 0 Å². The van der Waals surface area contributed by atoms with E-state index in [9.17, 15) is 9.18 Å². The van der Waals surface area contributed by atoms with Crippen LogP contribution in [0.25, 0.3) is 0 Å². The third kappa shape index (κ3) is 7.85. The lowest BCUT2D eigenvalue weighted by atomic mass is 10.1. The van der Waals surface area contributed by atoms with Gasteiger partial charge in [0.15, 0.2) is 0 Å². The molecule has 0 aromatic heterocycles. The Morgan fingerprint density at radius 1 is 1.26 bits per heavy atom. The predicted octanol–water partition coefficient (Wildman–Crippen LogP) is 1.99. The van der Waals surface area contributed by atoms with E-state index in [-0.39, 0.29) is 18.3 Å². The third-order valence-corrected chi connectivity index (χ3v) is 3.64. The first-order chi connectivity index (χ1) is 9.22. The van der Waals surface area contributed by atoms with Crippen LogP contribution in [0.3, 0.4) is 0 Å². The molecule has 19 heavy (non-hydrogen) atoms. The summed E-state index contributed by atoms with van der Waals surface area (Å²) in [6.45, 7) is 0.870. The molecule has 5 heteroatoms. The zero-order valence-corrected chi connectivity index (χ0v) is 11.7. The maximum atomic E-state index is 12.7. The van der Waals surface area contributed by atoms with Crippen molar-refractivity contribution >= 4 is 17.7 Å². The number of benzene rings is 1. The maximum absolute atomic E-state index is 12.7. The largest absolute Gasteiger partial charge is 0.396 e. The molecular weight excluding hydrogens is 265 g/mol. The summed E-state index contributed by atoms with van der Waals surface area (Å²) in [5.74, 6) is 1.55. The van der Waals surface area contributed by atoms with Crippen LogP contribution in [0.5, 0.6) is 0 Å². The minimum Gasteiger partial charge on any atom is -0.396 e. The zero-order chi connectivity index (χ0) is 13.9. The quantitative estimate of drug-likeness (QED) is 0.682. The first-order valence-corrected chi connectivity index (χ1v) is 7.57. The SMILES string of the molecule is O=C(CCc1ccc(F)cc1)NCCSCCCO. The Bertz CT molecular complexity index is 370. The molecule has 0 heterocycles. The smallest absolute Gasteiger partial charge is 0.220 e. The number of nitrogens with one attached hydrogen (secondary N) is 1. The lowest BCUT2D eigenvalue weighted by molar-refractivity contribution is -0.120. The minimum absolute atomic E-state index is 0.0204. The van der Waals surface area contributed by atoms with Crippen molar-refractivity contribution in [2.45, 2.75) is 19.3 Å². The summed E-state index contributed by atoms with van der Waals surface area (Å²) in [6, 6.07) is 6.22. The number of carbonyl (C=O) groups is 1. The molecule has 0 aliphatic heterocycles. The fourth-order valence-corrected chi connectivity index (χ4v) is 2.31. The highest BCUT2D eigenvalue weighted by atomic mass is 32.2. The zero-order valence-electron chi connectivity index (χ0n) is 10.9. The van der Waals surface area contributed by atoms with E-state index >= 15 is 0 Å². The van der Waals surface area contributed by atoms with E-state index in [0.29, 0.717) is 19.4 Å². The van der Waals surface area contributed by atoms with Gasteiger partial charge in [-0.1, -0.05) is 12.1 Å². The number of aliphatic hydroxyl groups is 1. The number of aryl methyl sites for hydroxylation is 1. The van der Waals surface area contributed by atoms with Crippen LogP contribution in [0.15, 0.2) is 24.3 Å². The summed E-state index contributed by atoms with van der Waals surface area (Å²) in [4.78, 5) is 11.5. The number of thioether (sulfide) groups is 1. The predicted molar refractivity (Wildman–Crippen MR) is 76.8 cm³/mol. The molecule has 106 valence electrons. The number of rotatable bonds is 9. The van der Waals surface area contributed by atoms with Gasteiger partial charge in [0.25, 0.3) is 0 Å². The van der Waals surface area contributed by atoms with Crippen LogP contribution in [0.4, 0.5) is 4.39 Å². The molecule has 1 aromatic carbocycles. The van der Waals surface area contributed by atoms with Crippen molar-refractivity contribution in [3.05, 3.63) is 35.6 Å². The fraction of sp³-hybridized carbons (Fsp3) is 0.500. The average molecular weight is 285 g/mol. The highest BCUT2D eigenvalue weighted by Gasteiger charge is 2.02. The van der Waals surface area contributed by atoms with E-state index in [0.717, 1.165) is 23.5 Å². The number of hydrogen-bond acceptors (Lipinski definition) is 3. The van der Waals surface area contributed by atoms with E-state index < -0.39 is 0 Å². The summed E-state index contributed by atoms with van der Waals surface area (Å²) in [7, 11) is 0. The van der Waals surface area contributed by atoms with Gasteiger partial charge in [-0.2, -0.15) is 11.8 Å². The van der Waals surface area contributed by atoms with Gasteiger partial charge in [-0.25, -0.2) is 4.39 Å². The normalized spacial score (nSPS) is 10.4. The summed E-state index contributed by atoms with van der Waals surface area (Å²) in [5.41, 5.74) is 0.967. The highest BCUT2D eigenvalue weighted by molar-refractivity contribution is 7.99. The molecule has 2 N–H and O–H groups in total. The van der Waals surface area contributed by atoms with Crippen LogP contribution in [-0.4, -0.2) is 35.7 Å². The molecule has 0 fully saturated rings. The molecule has 0 bridgehead atoms. The molecule has 3 nitrogen and oxygen atoms in total. The van der Waals surface area contributed by atoms with Gasteiger partial charge in [-0.05, 0) is 36.3 Å². The Morgan fingerprint density at radius 3 is 2.68 bits per heavy atom. The van der Waals surface area contributed by atoms with Crippen molar-refractivity contribution in [2.24, 2.45) is 0 Å². The molecule has 0 aliphatic carbocycles. The van der Waals surface area contributed by atoms with Gasteiger partial charge in [-0.3, -0.25) is 4.79 Å². The second kappa shape index (κ2) is 9.81.